The Labute approximate surface area is 122 Å². The molecule has 1 aromatic carbocycles. The van der Waals surface area contributed by atoms with E-state index in [-0.39, 0.29) is 17.9 Å². The van der Waals surface area contributed by atoms with E-state index in [2.05, 4.69) is 10.6 Å². The molecule has 0 aliphatic carbocycles. The number of amides is 2. The van der Waals surface area contributed by atoms with Crippen LogP contribution in [0.1, 0.15) is 12.0 Å². The average Bonchev–Trinajstić information content (AvgIpc) is 2.70. The van der Waals surface area contributed by atoms with Gasteiger partial charge in [0.1, 0.15) is 0 Å². The Morgan fingerprint density at radius 1 is 1.29 bits per heavy atom. The number of benzene rings is 1. The van der Waals surface area contributed by atoms with Gasteiger partial charge in [-0.05, 0) is 18.1 Å². The molecule has 1 atom stereocenters. The van der Waals surface area contributed by atoms with Crippen molar-refractivity contribution >= 4 is 27.5 Å². The molecule has 1 unspecified atom stereocenters. The maximum absolute atomic E-state index is 11.9. The second kappa shape index (κ2) is 6.13. The highest BCUT2D eigenvalue weighted by molar-refractivity contribution is 7.91. The minimum absolute atomic E-state index is 0.0583. The van der Waals surface area contributed by atoms with Crippen molar-refractivity contribution < 1.29 is 23.1 Å². The summed E-state index contributed by atoms with van der Waals surface area (Å²) < 4.78 is 22.6. The van der Waals surface area contributed by atoms with E-state index in [0.29, 0.717) is 17.7 Å². The standard InChI is InChI=1S/C13H16N2O5S/c16-12(17)7-9-3-1-2-4-11(9)15-13(18)14-10-5-6-21(19,20)8-10/h1-4,10H,5-8H2,(H,16,17)(H2,14,15,18). The summed E-state index contributed by atoms with van der Waals surface area (Å²) in [5, 5.41) is 14.0. The predicted molar refractivity (Wildman–Crippen MR) is 77.0 cm³/mol. The second-order valence-electron chi connectivity index (χ2n) is 4.93. The lowest BCUT2D eigenvalue weighted by Gasteiger charge is -2.14. The zero-order valence-electron chi connectivity index (χ0n) is 11.2. The van der Waals surface area contributed by atoms with E-state index in [1.165, 1.54) is 0 Å². The number of hydrogen-bond acceptors (Lipinski definition) is 4. The lowest BCUT2D eigenvalue weighted by molar-refractivity contribution is -0.136. The van der Waals surface area contributed by atoms with Crippen LogP contribution < -0.4 is 10.6 Å². The van der Waals surface area contributed by atoms with E-state index in [1.807, 2.05) is 0 Å². The highest BCUT2D eigenvalue weighted by Crippen LogP contribution is 2.16. The van der Waals surface area contributed by atoms with Crippen LogP contribution in [0.2, 0.25) is 0 Å². The molecule has 0 radical (unpaired) electrons. The van der Waals surface area contributed by atoms with Gasteiger partial charge >= 0.3 is 12.0 Å². The predicted octanol–water partition coefficient (Wildman–Crippen LogP) is 0.622. The lowest BCUT2D eigenvalue weighted by atomic mass is 10.1. The first-order chi connectivity index (χ1) is 9.85. The van der Waals surface area contributed by atoms with Crippen LogP contribution in [0, 0.1) is 0 Å². The molecule has 1 aliphatic rings. The number of rotatable bonds is 4. The van der Waals surface area contributed by atoms with E-state index < -0.39 is 27.9 Å². The Bertz CT molecular complexity index is 656. The Morgan fingerprint density at radius 2 is 2.00 bits per heavy atom. The lowest BCUT2D eigenvalue weighted by Crippen LogP contribution is -2.38. The highest BCUT2D eigenvalue weighted by Gasteiger charge is 2.28. The summed E-state index contributed by atoms with van der Waals surface area (Å²) in [7, 11) is -3.06. The number of carbonyl (C=O) groups excluding carboxylic acids is 1. The number of sulfone groups is 1. The van der Waals surface area contributed by atoms with Gasteiger partial charge in [0.15, 0.2) is 9.84 Å². The normalized spacial score (nSPS) is 19.9. The zero-order valence-corrected chi connectivity index (χ0v) is 12.0. The number of hydrogen-bond donors (Lipinski definition) is 3. The van der Waals surface area contributed by atoms with Gasteiger partial charge in [-0.15, -0.1) is 0 Å². The van der Waals surface area contributed by atoms with Gasteiger partial charge in [-0.25, -0.2) is 13.2 Å². The van der Waals surface area contributed by atoms with Gasteiger partial charge < -0.3 is 15.7 Å². The van der Waals surface area contributed by atoms with Gasteiger partial charge in [-0.2, -0.15) is 0 Å². The molecule has 1 heterocycles. The SMILES string of the molecule is O=C(O)Cc1ccccc1NC(=O)NC1CCS(=O)(=O)C1. The monoisotopic (exact) mass is 312 g/mol. The summed E-state index contributed by atoms with van der Waals surface area (Å²) in [5.41, 5.74) is 0.887. The molecule has 2 rings (SSSR count). The van der Waals surface area contributed by atoms with Gasteiger partial charge in [0.05, 0.1) is 17.9 Å². The summed E-state index contributed by atoms with van der Waals surface area (Å²) in [5.74, 6) is -0.975. The second-order valence-corrected chi connectivity index (χ2v) is 7.15. The fourth-order valence-electron chi connectivity index (χ4n) is 2.21. The van der Waals surface area contributed by atoms with E-state index >= 15 is 0 Å². The van der Waals surface area contributed by atoms with E-state index in [9.17, 15) is 18.0 Å². The maximum atomic E-state index is 11.9. The van der Waals surface area contributed by atoms with Crippen LogP contribution >= 0.6 is 0 Å². The summed E-state index contributed by atoms with van der Waals surface area (Å²) in [6, 6.07) is 5.65. The molecule has 8 heteroatoms. The van der Waals surface area contributed by atoms with Crippen LogP contribution in [0.25, 0.3) is 0 Å². The number of carboxylic acids is 1. The Morgan fingerprint density at radius 3 is 2.62 bits per heavy atom. The van der Waals surface area contributed by atoms with Gasteiger partial charge in [0, 0.05) is 11.7 Å². The van der Waals surface area contributed by atoms with E-state index in [0.717, 1.165) is 0 Å². The molecule has 1 fully saturated rings. The van der Waals surface area contributed by atoms with Crippen LogP contribution in [-0.2, 0) is 21.1 Å². The topological polar surface area (TPSA) is 113 Å². The molecule has 0 spiro atoms. The maximum Gasteiger partial charge on any atom is 0.319 e. The molecule has 7 nitrogen and oxygen atoms in total. The first-order valence-corrected chi connectivity index (χ1v) is 8.25. The fourth-order valence-corrected chi connectivity index (χ4v) is 3.89. The zero-order chi connectivity index (χ0) is 15.5. The number of nitrogens with one attached hydrogen (secondary N) is 2. The molecule has 114 valence electrons. The van der Waals surface area contributed by atoms with Crippen LogP contribution in [0.3, 0.4) is 0 Å². The minimum atomic E-state index is -3.06. The molecule has 3 N–H and O–H groups in total. The van der Waals surface area contributed by atoms with Crippen molar-refractivity contribution in [3.8, 4) is 0 Å². The number of para-hydroxylation sites is 1. The van der Waals surface area contributed by atoms with Gasteiger partial charge in [0.25, 0.3) is 0 Å². The smallest absolute Gasteiger partial charge is 0.319 e. The number of aliphatic carboxylic acids is 1. The van der Waals surface area contributed by atoms with Crippen LogP contribution in [-0.4, -0.2) is 43.1 Å². The molecule has 0 saturated carbocycles. The number of urea groups is 1. The van der Waals surface area contributed by atoms with Crippen LogP contribution in [0.4, 0.5) is 10.5 Å². The van der Waals surface area contributed by atoms with E-state index in [1.54, 1.807) is 24.3 Å². The van der Waals surface area contributed by atoms with Gasteiger partial charge in [-0.3, -0.25) is 4.79 Å². The molecular weight excluding hydrogens is 296 g/mol. The average molecular weight is 312 g/mol. The number of carboxylic acid groups (broad SMARTS) is 1. The highest BCUT2D eigenvalue weighted by atomic mass is 32.2. The third kappa shape index (κ3) is 4.45. The van der Waals surface area contributed by atoms with Crippen molar-refractivity contribution in [1.82, 2.24) is 5.32 Å². The van der Waals surface area contributed by atoms with Gasteiger partial charge in [0.2, 0.25) is 0 Å². The number of anilines is 1. The first kappa shape index (κ1) is 15.3. The van der Waals surface area contributed by atoms with Crippen LogP contribution in [0.5, 0.6) is 0 Å². The third-order valence-corrected chi connectivity index (χ3v) is 4.94. The third-order valence-electron chi connectivity index (χ3n) is 3.17. The molecule has 2 amide bonds. The van der Waals surface area contributed by atoms with Crippen LogP contribution in [0.15, 0.2) is 24.3 Å². The molecule has 21 heavy (non-hydrogen) atoms. The molecule has 1 saturated heterocycles. The number of carbonyl (C=O) groups is 2. The molecule has 0 aromatic heterocycles. The molecular formula is C13H16N2O5S. The minimum Gasteiger partial charge on any atom is -0.481 e. The van der Waals surface area contributed by atoms with Crippen molar-refractivity contribution in [3.63, 3.8) is 0 Å². The van der Waals surface area contributed by atoms with Gasteiger partial charge in [-0.1, -0.05) is 18.2 Å². The Balaban J connectivity index is 1.98. The summed E-state index contributed by atoms with van der Waals surface area (Å²) in [6.07, 6.45) is 0.195. The van der Waals surface area contributed by atoms with Crippen molar-refractivity contribution in [2.24, 2.45) is 0 Å². The fraction of sp³-hybridized carbons (Fsp3) is 0.385. The molecule has 1 aromatic rings. The summed E-state index contributed by atoms with van der Waals surface area (Å²) in [6.45, 7) is 0. The largest absolute Gasteiger partial charge is 0.481 e. The van der Waals surface area contributed by atoms with E-state index in [4.69, 9.17) is 5.11 Å². The Hall–Kier alpha value is -2.09. The van der Waals surface area contributed by atoms with Crippen molar-refractivity contribution in [1.29, 1.82) is 0 Å². The molecule has 1 aliphatic heterocycles. The summed E-state index contributed by atoms with van der Waals surface area (Å²) >= 11 is 0. The van der Waals surface area contributed by atoms with Crippen molar-refractivity contribution in [3.05, 3.63) is 29.8 Å². The van der Waals surface area contributed by atoms with Crippen molar-refractivity contribution in [2.45, 2.75) is 18.9 Å². The summed E-state index contributed by atoms with van der Waals surface area (Å²) in [4.78, 5) is 22.6. The van der Waals surface area contributed by atoms with Crippen molar-refractivity contribution in [2.75, 3.05) is 16.8 Å². The quantitative estimate of drug-likeness (QED) is 0.754. The Kier molecular flexibility index (Phi) is 4.46. The first-order valence-electron chi connectivity index (χ1n) is 6.43. The molecule has 0 bridgehead atoms.